The van der Waals surface area contributed by atoms with Crippen LogP contribution in [-0.4, -0.2) is 0 Å². The van der Waals surface area contributed by atoms with Gasteiger partial charge in [0.1, 0.15) is 0 Å². The molecular formula is C26H35Cl2NTi. The van der Waals surface area contributed by atoms with Crippen LogP contribution < -0.4 is 3.80 Å². The van der Waals surface area contributed by atoms with Crippen LogP contribution >= 0.6 is 24.8 Å². The van der Waals surface area contributed by atoms with E-state index in [4.69, 9.17) is 0 Å². The second-order valence-corrected chi connectivity index (χ2v) is 10.2. The summed E-state index contributed by atoms with van der Waals surface area (Å²) in [7, 11) is 0. The van der Waals surface area contributed by atoms with E-state index in [-0.39, 0.29) is 44.2 Å². The number of benzene rings is 2. The number of allylic oxidation sites excluding steroid dienone is 4. The van der Waals surface area contributed by atoms with Gasteiger partial charge in [-0.3, -0.25) is 0 Å². The fourth-order valence-electron chi connectivity index (χ4n) is 4.39. The maximum Gasteiger partial charge on any atom is -0.147 e. The Morgan fingerprint density at radius 2 is 1.50 bits per heavy atom. The summed E-state index contributed by atoms with van der Waals surface area (Å²) in [4.78, 5) is 0. The molecule has 0 heterocycles. The van der Waals surface area contributed by atoms with Gasteiger partial charge in [0.15, 0.2) is 0 Å². The molecule has 162 valence electrons. The number of aryl methyl sites for hydroxylation is 3. The predicted octanol–water partition coefficient (Wildman–Crippen LogP) is 8.53. The predicted molar refractivity (Wildman–Crippen MR) is 134 cm³/mol. The van der Waals surface area contributed by atoms with Crippen molar-refractivity contribution in [1.29, 1.82) is 0 Å². The molecule has 0 aromatic heterocycles. The molecule has 2 aromatic carbocycles. The zero-order valence-electron chi connectivity index (χ0n) is 19.3. The molecule has 4 heteroatoms. The number of nitrogens with one attached hydrogen (secondary N) is 1. The summed E-state index contributed by atoms with van der Waals surface area (Å²) in [6.45, 7) is 15.8. The molecule has 0 amide bonds. The summed E-state index contributed by atoms with van der Waals surface area (Å²) in [5, 5.41) is 0. The quantitative estimate of drug-likeness (QED) is 0.409. The first-order chi connectivity index (χ1) is 13.3. The number of anilines is 1. The fourth-order valence-corrected chi connectivity index (χ4v) is 6.45. The fraction of sp³-hybridized carbons (Fsp3) is 0.385. The molecule has 1 N–H and O–H groups in total. The van der Waals surface area contributed by atoms with Gasteiger partial charge in [-0.1, -0.05) is 0 Å². The topological polar surface area (TPSA) is 12.0 Å². The van der Waals surface area contributed by atoms with Gasteiger partial charge in [0, 0.05) is 0 Å². The Morgan fingerprint density at radius 3 is 2.03 bits per heavy atom. The maximum absolute atomic E-state index is 3.90. The molecule has 3 rings (SSSR count). The van der Waals surface area contributed by atoms with Crippen molar-refractivity contribution in [3.8, 4) is 0 Å². The monoisotopic (exact) mass is 479 g/mol. The van der Waals surface area contributed by atoms with Crippen molar-refractivity contribution in [2.24, 2.45) is 0 Å². The SMILES string of the molecule is CC[CH]([Ti][NH]c1c(C)cc(C)cc1C)c1ccccc1C1=C(C)C(C)=C(C)C1.Cl.Cl. The summed E-state index contributed by atoms with van der Waals surface area (Å²) < 4.78 is 4.53. The zero-order valence-corrected chi connectivity index (χ0v) is 22.5. The molecule has 0 fully saturated rings. The molecule has 0 radical (unpaired) electrons. The smallest absolute Gasteiger partial charge is 0.147 e. The van der Waals surface area contributed by atoms with Crippen LogP contribution in [0.5, 0.6) is 0 Å². The van der Waals surface area contributed by atoms with Crippen LogP contribution in [0.25, 0.3) is 5.57 Å². The molecule has 1 aliphatic carbocycles. The van der Waals surface area contributed by atoms with Crippen molar-refractivity contribution in [2.75, 3.05) is 3.80 Å². The van der Waals surface area contributed by atoms with Gasteiger partial charge < -0.3 is 0 Å². The molecule has 1 unspecified atom stereocenters. The first-order valence-electron chi connectivity index (χ1n) is 10.4. The Kier molecular flexibility index (Phi) is 10.4. The summed E-state index contributed by atoms with van der Waals surface area (Å²) in [6.07, 6.45) is 2.29. The van der Waals surface area contributed by atoms with Gasteiger partial charge in [-0.25, -0.2) is 0 Å². The number of rotatable bonds is 6. The molecule has 0 spiro atoms. The summed E-state index contributed by atoms with van der Waals surface area (Å²) in [6, 6.07) is 13.7. The minimum Gasteiger partial charge on any atom is -0.147 e. The van der Waals surface area contributed by atoms with E-state index >= 15 is 0 Å². The molecule has 1 aliphatic rings. The maximum atomic E-state index is 3.90. The van der Waals surface area contributed by atoms with Crippen molar-refractivity contribution in [2.45, 2.75) is 65.5 Å². The minimum atomic E-state index is -0.357. The van der Waals surface area contributed by atoms with Gasteiger partial charge in [0.05, 0.1) is 0 Å². The van der Waals surface area contributed by atoms with Crippen LogP contribution in [0.15, 0.2) is 53.1 Å². The van der Waals surface area contributed by atoms with Gasteiger partial charge in [0.2, 0.25) is 0 Å². The van der Waals surface area contributed by atoms with Gasteiger partial charge >= 0.3 is 181 Å². The summed E-state index contributed by atoms with van der Waals surface area (Å²) in [5.41, 5.74) is 14.5. The van der Waals surface area contributed by atoms with Crippen LogP contribution in [0.2, 0.25) is 0 Å². The van der Waals surface area contributed by atoms with Crippen molar-refractivity contribution in [1.82, 2.24) is 0 Å². The minimum absolute atomic E-state index is 0. The van der Waals surface area contributed by atoms with E-state index in [0.29, 0.717) is 4.22 Å². The molecule has 2 aromatic rings. The third-order valence-electron chi connectivity index (χ3n) is 6.22. The molecule has 0 saturated carbocycles. The molecule has 0 saturated heterocycles. The molecule has 0 aliphatic heterocycles. The average Bonchev–Trinajstić information content (AvgIpc) is 2.91. The van der Waals surface area contributed by atoms with E-state index in [9.17, 15) is 0 Å². The van der Waals surface area contributed by atoms with Gasteiger partial charge in [-0.2, -0.15) is 0 Å². The Labute approximate surface area is 204 Å². The Morgan fingerprint density at radius 1 is 0.900 bits per heavy atom. The first-order valence-corrected chi connectivity index (χ1v) is 12.1. The van der Waals surface area contributed by atoms with Gasteiger partial charge in [0.25, 0.3) is 0 Å². The van der Waals surface area contributed by atoms with Crippen LogP contribution in [0, 0.1) is 20.8 Å². The van der Waals surface area contributed by atoms with Crippen molar-refractivity contribution in [3.63, 3.8) is 0 Å². The second kappa shape index (κ2) is 11.6. The number of hydrogen-bond donors (Lipinski definition) is 1. The number of hydrogen-bond acceptors (Lipinski definition) is 1. The van der Waals surface area contributed by atoms with Crippen molar-refractivity contribution < 1.29 is 19.4 Å². The van der Waals surface area contributed by atoms with E-state index < -0.39 is 0 Å². The van der Waals surface area contributed by atoms with Crippen molar-refractivity contribution >= 4 is 36.1 Å². The van der Waals surface area contributed by atoms with Crippen LogP contribution in [-0.2, 0) is 19.4 Å². The Bertz CT molecular complexity index is 936. The van der Waals surface area contributed by atoms with E-state index in [1.165, 1.54) is 56.6 Å². The third-order valence-corrected chi connectivity index (χ3v) is 8.50. The van der Waals surface area contributed by atoms with Gasteiger partial charge in [-0.15, -0.1) is 24.8 Å². The molecule has 30 heavy (non-hydrogen) atoms. The van der Waals surface area contributed by atoms with Crippen LogP contribution in [0.4, 0.5) is 5.69 Å². The van der Waals surface area contributed by atoms with Crippen LogP contribution in [0.3, 0.4) is 0 Å². The molecule has 1 atom stereocenters. The third kappa shape index (κ3) is 5.62. The van der Waals surface area contributed by atoms with E-state index in [2.05, 4.69) is 88.7 Å². The normalized spacial score (nSPS) is 14.2. The van der Waals surface area contributed by atoms with Gasteiger partial charge in [-0.05, 0) is 0 Å². The summed E-state index contributed by atoms with van der Waals surface area (Å²) >= 11 is -0.357. The molecule has 1 nitrogen and oxygen atoms in total. The second-order valence-electron chi connectivity index (χ2n) is 8.28. The van der Waals surface area contributed by atoms with E-state index in [1.54, 1.807) is 5.57 Å². The Balaban J connectivity index is 0.00000225. The van der Waals surface area contributed by atoms with E-state index in [0.717, 1.165) is 6.42 Å². The molecular weight excluding hydrogens is 445 g/mol. The number of halogens is 2. The standard InChI is InChI=1S/C17H21.C9H12N.2ClH.Ti/c1-5-8-15-9-6-7-10-16(15)17-11-12(2)13(3)14(17)4;1-6-4-7(2)9(10)8(3)5-6;;;/h6-10H,5,11H2,1-4H3;4-5,10H,1-3H3;2*1H;/q;-1;;;+1. The average molecular weight is 480 g/mol. The first kappa shape index (κ1) is 27.0. The molecule has 0 bridgehead atoms. The zero-order chi connectivity index (χ0) is 20.4. The largest absolute Gasteiger partial charge is 0.147 e. The van der Waals surface area contributed by atoms with Crippen molar-refractivity contribution in [3.05, 3.63) is 80.9 Å². The Hall–Kier alpha value is -0.986. The van der Waals surface area contributed by atoms with E-state index in [1.807, 2.05) is 0 Å². The summed E-state index contributed by atoms with van der Waals surface area (Å²) in [5.74, 6) is 0. The van der Waals surface area contributed by atoms with Crippen LogP contribution in [0.1, 0.15) is 72.6 Å².